The molecule has 0 aliphatic heterocycles. The molecule has 1 aliphatic rings. The van der Waals surface area contributed by atoms with Crippen LogP contribution in [0.5, 0.6) is 0 Å². The van der Waals surface area contributed by atoms with Crippen LogP contribution in [0.3, 0.4) is 0 Å². The topological polar surface area (TPSA) is 68.0 Å². The van der Waals surface area contributed by atoms with Crippen molar-refractivity contribution in [2.75, 3.05) is 5.32 Å². The summed E-state index contributed by atoms with van der Waals surface area (Å²) in [5.41, 5.74) is 1.69. The molecule has 21 heavy (non-hydrogen) atoms. The van der Waals surface area contributed by atoms with Gasteiger partial charge in [0.15, 0.2) is 0 Å². The van der Waals surface area contributed by atoms with E-state index in [0.29, 0.717) is 17.4 Å². The van der Waals surface area contributed by atoms with Gasteiger partial charge in [-0.25, -0.2) is 0 Å². The third-order valence-corrected chi connectivity index (χ3v) is 3.94. The minimum atomic E-state index is -0.230. The highest BCUT2D eigenvalue weighted by Crippen LogP contribution is 2.27. The molecule has 1 aromatic carbocycles. The number of rotatable bonds is 4. The van der Waals surface area contributed by atoms with E-state index in [9.17, 15) is 4.79 Å². The lowest BCUT2D eigenvalue weighted by atomic mass is 10.0. The Hall–Kier alpha value is -2.17. The lowest BCUT2D eigenvalue weighted by molar-refractivity contribution is 0.102. The SMILES string of the molecule is Cc1ccc(C(=O)Nc2nnc(CC3CCCC3)o2)cc1. The molecule has 0 saturated heterocycles. The predicted octanol–water partition coefficient (Wildman–Crippen LogP) is 3.36. The van der Waals surface area contributed by atoms with Gasteiger partial charge in [-0.2, -0.15) is 0 Å². The maximum absolute atomic E-state index is 12.0. The second-order valence-electron chi connectivity index (χ2n) is 5.68. The van der Waals surface area contributed by atoms with Crippen molar-refractivity contribution in [1.29, 1.82) is 0 Å². The van der Waals surface area contributed by atoms with Gasteiger partial charge in [0.2, 0.25) is 5.89 Å². The molecule has 1 saturated carbocycles. The Morgan fingerprint density at radius 2 is 1.95 bits per heavy atom. The summed E-state index contributed by atoms with van der Waals surface area (Å²) in [6, 6.07) is 7.53. The summed E-state index contributed by atoms with van der Waals surface area (Å²) in [5, 5.41) is 10.5. The van der Waals surface area contributed by atoms with Crippen molar-refractivity contribution >= 4 is 11.9 Å². The van der Waals surface area contributed by atoms with Crippen LogP contribution in [0.1, 0.15) is 47.5 Å². The minimum Gasteiger partial charge on any atom is -0.408 e. The molecule has 1 N–H and O–H groups in total. The number of hydrogen-bond donors (Lipinski definition) is 1. The number of aromatic nitrogens is 2. The van der Waals surface area contributed by atoms with E-state index in [1.165, 1.54) is 25.7 Å². The van der Waals surface area contributed by atoms with E-state index in [4.69, 9.17) is 4.42 Å². The fourth-order valence-electron chi connectivity index (χ4n) is 2.72. The number of aryl methyl sites for hydroxylation is 1. The fraction of sp³-hybridized carbons (Fsp3) is 0.438. The van der Waals surface area contributed by atoms with Gasteiger partial charge in [0.25, 0.3) is 5.91 Å². The fourth-order valence-corrected chi connectivity index (χ4v) is 2.72. The highest BCUT2D eigenvalue weighted by molar-refractivity contribution is 6.03. The van der Waals surface area contributed by atoms with Crippen molar-refractivity contribution in [3.63, 3.8) is 0 Å². The number of carbonyl (C=O) groups excluding carboxylic acids is 1. The first-order chi connectivity index (χ1) is 10.2. The van der Waals surface area contributed by atoms with E-state index in [1.807, 2.05) is 19.1 Å². The van der Waals surface area contributed by atoms with Crippen LogP contribution >= 0.6 is 0 Å². The molecule has 0 radical (unpaired) electrons. The third kappa shape index (κ3) is 3.48. The highest BCUT2D eigenvalue weighted by atomic mass is 16.4. The number of amides is 1. The molecule has 1 fully saturated rings. The summed E-state index contributed by atoms with van der Waals surface area (Å²) in [5.74, 6) is 1.03. The first-order valence-corrected chi connectivity index (χ1v) is 7.41. The molecule has 110 valence electrons. The predicted molar refractivity (Wildman–Crippen MR) is 79.1 cm³/mol. The zero-order valence-corrected chi connectivity index (χ0v) is 12.1. The normalized spacial score (nSPS) is 15.3. The standard InChI is InChI=1S/C16H19N3O2/c1-11-6-8-13(9-7-11)15(20)17-16-19-18-14(21-16)10-12-4-2-3-5-12/h6-9,12H,2-5,10H2,1H3,(H,17,19,20). The van der Waals surface area contributed by atoms with E-state index in [-0.39, 0.29) is 11.9 Å². The smallest absolute Gasteiger partial charge is 0.322 e. The molecule has 1 amide bonds. The maximum atomic E-state index is 12.0. The number of benzene rings is 1. The molecule has 0 bridgehead atoms. The van der Waals surface area contributed by atoms with Gasteiger partial charge in [-0.15, -0.1) is 5.10 Å². The highest BCUT2D eigenvalue weighted by Gasteiger charge is 2.19. The zero-order valence-electron chi connectivity index (χ0n) is 12.1. The number of nitrogens with zero attached hydrogens (tertiary/aromatic N) is 2. The van der Waals surface area contributed by atoms with Crippen molar-refractivity contribution in [2.45, 2.75) is 39.0 Å². The van der Waals surface area contributed by atoms with Crippen molar-refractivity contribution in [3.8, 4) is 0 Å². The Morgan fingerprint density at radius 1 is 1.24 bits per heavy atom. The molecule has 1 aliphatic carbocycles. The quantitative estimate of drug-likeness (QED) is 0.935. The zero-order chi connectivity index (χ0) is 14.7. The van der Waals surface area contributed by atoms with Crippen LogP contribution in [0.4, 0.5) is 6.01 Å². The van der Waals surface area contributed by atoms with Crippen LogP contribution in [0, 0.1) is 12.8 Å². The Labute approximate surface area is 123 Å². The van der Waals surface area contributed by atoms with Crippen LogP contribution in [0.15, 0.2) is 28.7 Å². The maximum Gasteiger partial charge on any atom is 0.322 e. The average Bonchev–Trinajstić information content (AvgIpc) is 3.12. The summed E-state index contributed by atoms with van der Waals surface area (Å²) < 4.78 is 5.51. The molecule has 2 aromatic rings. The van der Waals surface area contributed by atoms with E-state index in [2.05, 4.69) is 15.5 Å². The van der Waals surface area contributed by atoms with Gasteiger partial charge in [0.05, 0.1) is 0 Å². The monoisotopic (exact) mass is 285 g/mol. The van der Waals surface area contributed by atoms with Gasteiger partial charge in [0.1, 0.15) is 0 Å². The lowest BCUT2D eigenvalue weighted by Gasteiger charge is -2.03. The van der Waals surface area contributed by atoms with E-state index < -0.39 is 0 Å². The molecular formula is C16H19N3O2. The third-order valence-electron chi connectivity index (χ3n) is 3.94. The number of hydrogen-bond acceptors (Lipinski definition) is 4. The Bertz CT molecular complexity index is 613. The summed E-state index contributed by atoms with van der Waals surface area (Å²) in [6.07, 6.45) is 5.85. The van der Waals surface area contributed by atoms with Crippen LogP contribution in [-0.4, -0.2) is 16.1 Å². The number of carbonyl (C=O) groups is 1. The second-order valence-corrected chi connectivity index (χ2v) is 5.68. The Kier molecular flexibility index (Phi) is 3.99. The van der Waals surface area contributed by atoms with E-state index in [0.717, 1.165) is 12.0 Å². The second kappa shape index (κ2) is 6.08. The van der Waals surface area contributed by atoms with Gasteiger partial charge >= 0.3 is 6.01 Å². The molecule has 3 rings (SSSR count). The molecule has 0 spiro atoms. The van der Waals surface area contributed by atoms with Gasteiger partial charge in [-0.1, -0.05) is 35.6 Å². The average molecular weight is 285 g/mol. The van der Waals surface area contributed by atoms with Gasteiger partial charge < -0.3 is 4.42 Å². The summed E-state index contributed by atoms with van der Waals surface area (Å²) in [6.45, 7) is 1.98. The first-order valence-electron chi connectivity index (χ1n) is 7.41. The molecular weight excluding hydrogens is 266 g/mol. The minimum absolute atomic E-state index is 0.175. The Morgan fingerprint density at radius 3 is 2.67 bits per heavy atom. The van der Waals surface area contributed by atoms with Crippen molar-refractivity contribution in [1.82, 2.24) is 10.2 Å². The number of anilines is 1. The summed E-state index contributed by atoms with van der Waals surface area (Å²) >= 11 is 0. The van der Waals surface area contributed by atoms with Gasteiger partial charge in [-0.3, -0.25) is 10.1 Å². The van der Waals surface area contributed by atoms with Gasteiger partial charge in [0, 0.05) is 12.0 Å². The molecule has 1 heterocycles. The van der Waals surface area contributed by atoms with Crippen LogP contribution in [0.25, 0.3) is 0 Å². The van der Waals surface area contributed by atoms with Crippen LogP contribution in [0.2, 0.25) is 0 Å². The summed E-state index contributed by atoms with van der Waals surface area (Å²) in [4.78, 5) is 12.0. The van der Waals surface area contributed by atoms with Crippen LogP contribution in [-0.2, 0) is 6.42 Å². The molecule has 1 aromatic heterocycles. The molecule has 5 heteroatoms. The largest absolute Gasteiger partial charge is 0.408 e. The van der Waals surface area contributed by atoms with Crippen molar-refractivity contribution < 1.29 is 9.21 Å². The number of nitrogens with one attached hydrogen (secondary N) is 1. The first kappa shape index (κ1) is 13.8. The molecule has 0 atom stereocenters. The van der Waals surface area contributed by atoms with Gasteiger partial charge in [-0.05, 0) is 37.8 Å². The Balaban J connectivity index is 1.61. The van der Waals surface area contributed by atoms with E-state index in [1.54, 1.807) is 12.1 Å². The van der Waals surface area contributed by atoms with Crippen molar-refractivity contribution in [2.24, 2.45) is 5.92 Å². The molecule has 5 nitrogen and oxygen atoms in total. The van der Waals surface area contributed by atoms with Crippen molar-refractivity contribution in [3.05, 3.63) is 41.3 Å². The van der Waals surface area contributed by atoms with Crippen LogP contribution < -0.4 is 5.32 Å². The lowest BCUT2D eigenvalue weighted by Crippen LogP contribution is -2.11. The van der Waals surface area contributed by atoms with E-state index >= 15 is 0 Å². The summed E-state index contributed by atoms with van der Waals surface area (Å²) in [7, 11) is 0. The molecule has 0 unspecified atom stereocenters.